The van der Waals surface area contributed by atoms with E-state index in [1.807, 2.05) is 47.3 Å². The van der Waals surface area contributed by atoms with Gasteiger partial charge in [-0.3, -0.25) is 14.7 Å². The molecule has 3 heterocycles. The first kappa shape index (κ1) is 21.3. The van der Waals surface area contributed by atoms with E-state index >= 15 is 0 Å². The average molecular weight is 446 g/mol. The predicted octanol–water partition coefficient (Wildman–Crippen LogP) is 3.24. The number of nitrogens with one attached hydrogen (secondary N) is 1. The van der Waals surface area contributed by atoms with Crippen LogP contribution >= 0.6 is 0 Å². The number of aromatic amines is 1. The molecule has 0 amide bonds. The van der Waals surface area contributed by atoms with Crippen molar-refractivity contribution in [2.75, 3.05) is 7.11 Å². The topological polar surface area (TPSA) is 102 Å². The van der Waals surface area contributed by atoms with Crippen LogP contribution in [0.2, 0.25) is 0 Å². The highest BCUT2D eigenvalue weighted by atomic mass is 16.5. The van der Waals surface area contributed by atoms with E-state index in [2.05, 4.69) is 30.4 Å². The van der Waals surface area contributed by atoms with E-state index < -0.39 is 0 Å². The Morgan fingerprint density at radius 1 is 1.15 bits per heavy atom. The molecule has 3 aromatic heterocycles. The number of hydrogen-bond donors (Lipinski definition) is 1. The number of methoxy groups -OCH3 is 1. The summed E-state index contributed by atoms with van der Waals surface area (Å²) in [5.41, 5.74) is 2.41. The van der Waals surface area contributed by atoms with Crippen LogP contribution in [-0.2, 0) is 19.6 Å². The van der Waals surface area contributed by atoms with Gasteiger partial charge >= 0.3 is 0 Å². The summed E-state index contributed by atoms with van der Waals surface area (Å²) in [7, 11) is 1.61. The van der Waals surface area contributed by atoms with Crippen molar-refractivity contribution < 1.29 is 4.74 Å². The zero-order valence-corrected chi connectivity index (χ0v) is 18.6. The van der Waals surface area contributed by atoms with Gasteiger partial charge in [0.15, 0.2) is 5.82 Å². The minimum absolute atomic E-state index is 0.109. The first-order valence-electron chi connectivity index (χ1n) is 11.3. The summed E-state index contributed by atoms with van der Waals surface area (Å²) in [6.07, 6.45) is 8.24. The molecule has 0 spiro atoms. The maximum absolute atomic E-state index is 12.9. The second-order valence-corrected chi connectivity index (χ2v) is 8.56. The van der Waals surface area contributed by atoms with Gasteiger partial charge in [-0.25, -0.2) is 4.68 Å². The van der Waals surface area contributed by atoms with Crippen molar-refractivity contribution in [1.82, 2.24) is 35.1 Å². The van der Waals surface area contributed by atoms with Crippen molar-refractivity contribution in [2.24, 2.45) is 0 Å². The molecule has 170 valence electrons. The Labute approximate surface area is 191 Å². The molecule has 1 fully saturated rings. The third-order valence-electron chi connectivity index (χ3n) is 6.25. The highest BCUT2D eigenvalue weighted by molar-refractivity contribution is 5.80. The van der Waals surface area contributed by atoms with E-state index in [1.165, 1.54) is 12.8 Å². The smallest absolute Gasteiger partial charge is 0.252 e. The van der Waals surface area contributed by atoms with Crippen LogP contribution in [0, 0.1) is 0 Å². The Balaban J connectivity index is 1.44. The van der Waals surface area contributed by atoms with E-state index in [9.17, 15) is 4.79 Å². The molecule has 4 aromatic rings. The van der Waals surface area contributed by atoms with Crippen molar-refractivity contribution >= 4 is 10.9 Å². The van der Waals surface area contributed by atoms with Crippen LogP contribution in [0.15, 0.2) is 53.6 Å². The van der Waals surface area contributed by atoms with E-state index in [1.54, 1.807) is 13.3 Å². The van der Waals surface area contributed by atoms with Crippen LogP contribution in [0.5, 0.6) is 5.75 Å². The molecule has 1 N–H and O–H groups in total. The number of benzene rings is 1. The molecule has 1 aromatic carbocycles. The van der Waals surface area contributed by atoms with Gasteiger partial charge in [0, 0.05) is 37.1 Å². The number of fused-ring (bicyclic) bond motifs is 1. The normalized spacial score (nSPS) is 14.4. The first-order valence-corrected chi connectivity index (χ1v) is 11.3. The second-order valence-electron chi connectivity index (χ2n) is 8.56. The molecule has 9 nitrogen and oxygen atoms in total. The van der Waals surface area contributed by atoms with Crippen molar-refractivity contribution in [3.05, 3.63) is 76.1 Å². The van der Waals surface area contributed by atoms with Gasteiger partial charge in [-0.1, -0.05) is 18.9 Å². The largest absolute Gasteiger partial charge is 0.497 e. The third kappa shape index (κ3) is 4.78. The summed E-state index contributed by atoms with van der Waals surface area (Å²) in [6, 6.07) is 12.0. The Morgan fingerprint density at radius 3 is 2.82 bits per heavy atom. The lowest BCUT2D eigenvalue weighted by molar-refractivity contribution is 0.231. The van der Waals surface area contributed by atoms with Crippen LogP contribution in [0.1, 0.15) is 48.7 Å². The first-order chi connectivity index (χ1) is 16.2. The lowest BCUT2D eigenvalue weighted by Gasteiger charge is -2.22. The maximum atomic E-state index is 12.9. The molecule has 0 atom stereocenters. The van der Waals surface area contributed by atoms with Gasteiger partial charge in [-0.2, -0.15) is 0 Å². The average Bonchev–Trinajstić information content (AvgIpc) is 3.52. The van der Waals surface area contributed by atoms with E-state index in [0.717, 1.165) is 35.1 Å². The monoisotopic (exact) mass is 445 g/mol. The second kappa shape index (κ2) is 9.50. The van der Waals surface area contributed by atoms with Gasteiger partial charge < -0.3 is 9.72 Å². The Bertz CT molecular complexity index is 1280. The zero-order valence-electron chi connectivity index (χ0n) is 18.6. The number of H-pyrrole nitrogens is 1. The molecule has 33 heavy (non-hydrogen) atoms. The van der Waals surface area contributed by atoms with Gasteiger partial charge in [0.1, 0.15) is 5.75 Å². The van der Waals surface area contributed by atoms with E-state index in [0.29, 0.717) is 37.0 Å². The molecule has 0 radical (unpaired) electrons. The zero-order chi connectivity index (χ0) is 22.6. The lowest BCUT2D eigenvalue weighted by Crippen LogP contribution is -2.28. The number of hydrogen-bond acceptors (Lipinski definition) is 7. The number of ether oxygens (including phenoxy) is 1. The predicted molar refractivity (Wildman–Crippen MR) is 124 cm³/mol. The SMILES string of the molecule is COc1ccc2cc(CN(Cc3cccnc3)Cc3nnnn3C3CCCC3)c(=O)[nH]c2c1. The molecule has 0 bridgehead atoms. The van der Waals surface area contributed by atoms with Gasteiger partial charge in [-0.15, -0.1) is 5.10 Å². The van der Waals surface area contributed by atoms with Gasteiger partial charge in [0.2, 0.25) is 0 Å². The molecule has 9 heteroatoms. The summed E-state index contributed by atoms with van der Waals surface area (Å²) in [5, 5.41) is 13.5. The third-order valence-corrected chi connectivity index (χ3v) is 6.25. The summed E-state index contributed by atoms with van der Waals surface area (Å²) in [4.78, 5) is 22.3. The van der Waals surface area contributed by atoms with E-state index in [-0.39, 0.29) is 5.56 Å². The highest BCUT2D eigenvalue weighted by Crippen LogP contribution is 2.29. The Morgan fingerprint density at radius 2 is 2.03 bits per heavy atom. The van der Waals surface area contributed by atoms with Crippen LogP contribution in [-0.4, -0.2) is 42.2 Å². The molecule has 1 saturated carbocycles. The summed E-state index contributed by atoms with van der Waals surface area (Å²) < 4.78 is 7.25. The van der Waals surface area contributed by atoms with Crippen LogP contribution in [0.3, 0.4) is 0 Å². The number of tetrazole rings is 1. The number of nitrogens with zero attached hydrogens (tertiary/aromatic N) is 6. The fourth-order valence-corrected chi connectivity index (χ4v) is 4.58. The fraction of sp³-hybridized carbons (Fsp3) is 0.375. The molecular weight excluding hydrogens is 418 g/mol. The summed E-state index contributed by atoms with van der Waals surface area (Å²) in [6.45, 7) is 1.63. The van der Waals surface area contributed by atoms with Crippen LogP contribution in [0.4, 0.5) is 0 Å². The minimum Gasteiger partial charge on any atom is -0.497 e. The van der Waals surface area contributed by atoms with Crippen molar-refractivity contribution in [1.29, 1.82) is 0 Å². The van der Waals surface area contributed by atoms with Gasteiger partial charge in [0.05, 0.1) is 25.2 Å². The molecule has 5 rings (SSSR count). The minimum atomic E-state index is -0.109. The van der Waals surface area contributed by atoms with Gasteiger partial charge in [0.25, 0.3) is 5.56 Å². The van der Waals surface area contributed by atoms with Crippen molar-refractivity contribution in [3.8, 4) is 5.75 Å². The van der Waals surface area contributed by atoms with Crippen LogP contribution in [0.25, 0.3) is 10.9 Å². The summed E-state index contributed by atoms with van der Waals surface area (Å²) >= 11 is 0. The molecule has 0 saturated heterocycles. The Hall–Kier alpha value is -3.59. The van der Waals surface area contributed by atoms with E-state index in [4.69, 9.17) is 4.74 Å². The molecule has 0 unspecified atom stereocenters. The van der Waals surface area contributed by atoms with Crippen LogP contribution < -0.4 is 10.3 Å². The van der Waals surface area contributed by atoms with Crippen molar-refractivity contribution in [2.45, 2.75) is 51.4 Å². The number of pyridine rings is 2. The summed E-state index contributed by atoms with van der Waals surface area (Å²) in [5.74, 6) is 1.54. The lowest BCUT2D eigenvalue weighted by atomic mass is 10.1. The maximum Gasteiger partial charge on any atom is 0.252 e. The molecule has 1 aliphatic rings. The fourth-order valence-electron chi connectivity index (χ4n) is 4.58. The highest BCUT2D eigenvalue weighted by Gasteiger charge is 2.23. The molecular formula is C24H27N7O2. The molecule has 0 aliphatic heterocycles. The number of rotatable bonds is 8. The standard InChI is InChI=1S/C24H27N7O2/c1-33-21-9-8-18-11-19(24(32)26-22(18)12-21)15-30(14-17-5-4-10-25-13-17)16-23-27-28-29-31(23)20-6-2-3-7-20/h4-5,8-13,20H,2-3,6-7,14-16H2,1H3,(H,26,32). The Kier molecular flexibility index (Phi) is 6.12. The number of aromatic nitrogens is 6. The van der Waals surface area contributed by atoms with Gasteiger partial charge in [-0.05, 0) is 58.5 Å². The molecule has 1 aliphatic carbocycles. The quantitative estimate of drug-likeness (QED) is 0.444. The van der Waals surface area contributed by atoms with Crippen molar-refractivity contribution in [3.63, 3.8) is 0 Å².